The minimum absolute atomic E-state index is 0.0356. The summed E-state index contributed by atoms with van der Waals surface area (Å²) < 4.78 is 4.88. The van der Waals surface area contributed by atoms with Crippen LogP contribution in [0.1, 0.15) is 37.5 Å². The number of ketones is 1. The number of hydrogen-bond donors (Lipinski definition) is 0. The zero-order chi connectivity index (χ0) is 21.2. The summed E-state index contributed by atoms with van der Waals surface area (Å²) in [5, 5.41) is 0. The molecule has 1 aliphatic rings. The summed E-state index contributed by atoms with van der Waals surface area (Å²) in [6.45, 7) is 6.40. The fraction of sp³-hybridized carbons (Fsp3) is 0.375. The van der Waals surface area contributed by atoms with E-state index in [9.17, 15) is 14.4 Å². The molecule has 1 atom stereocenters. The summed E-state index contributed by atoms with van der Waals surface area (Å²) in [4.78, 5) is 39.6. The number of esters is 1. The quantitative estimate of drug-likeness (QED) is 0.589. The van der Waals surface area contributed by atoms with Gasteiger partial charge in [0.05, 0.1) is 13.0 Å². The third-order valence-corrected chi connectivity index (χ3v) is 5.35. The van der Waals surface area contributed by atoms with E-state index in [4.69, 9.17) is 4.74 Å². The maximum absolute atomic E-state index is 13.1. The van der Waals surface area contributed by atoms with Gasteiger partial charge >= 0.3 is 5.97 Å². The van der Waals surface area contributed by atoms with Gasteiger partial charge in [-0.05, 0) is 34.6 Å². The topological polar surface area (TPSA) is 63.7 Å². The van der Waals surface area contributed by atoms with E-state index in [0.717, 1.165) is 16.7 Å². The second-order valence-corrected chi connectivity index (χ2v) is 8.48. The van der Waals surface area contributed by atoms with Gasteiger partial charge in [0, 0.05) is 18.7 Å². The first-order valence-electron chi connectivity index (χ1n) is 9.81. The Morgan fingerprint density at radius 3 is 2.38 bits per heavy atom. The van der Waals surface area contributed by atoms with Gasteiger partial charge in [-0.15, -0.1) is 0 Å². The predicted molar refractivity (Wildman–Crippen MR) is 112 cm³/mol. The average Bonchev–Trinajstić information content (AvgIpc) is 2.71. The minimum Gasteiger partial charge on any atom is -0.469 e. The van der Waals surface area contributed by atoms with Gasteiger partial charge in [0.15, 0.2) is 0 Å². The minimum atomic E-state index is -0.588. The highest BCUT2D eigenvalue weighted by atomic mass is 16.5. The van der Waals surface area contributed by atoms with E-state index in [1.807, 2.05) is 48.5 Å². The van der Waals surface area contributed by atoms with Crippen molar-refractivity contribution in [1.82, 2.24) is 0 Å². The number of anilines is 1. The molecule has 0 bridgehead atoms. The van der Waals surface area contributed by atoms with Crippen LogP contribution >= 0.6 is 0 Å². The molecule has 1 aliphatic heterocycles. The standard InChI is InChI=1S/C24H27NO4/c1-24(2,3)19-11-7-5-9-16(19)14-21(26)22(27)25-15-18(23(28)29-4)13-17-10-6-8-12-20(17)25/h5-12,18H,13-15H2,1-4H3. The van der Waals surface area contributed by atoms with Crippen LogP contribution < -0.4 is 4.90 Å². The zero-order valence-corrected chi connectivity index (χ0v) is 17.4. The average molecular weight is 393 g/mol. The van der Waals surface area contributed by atoms with Crippen molar-refractivity contribution in [3.05, 3.63) is 65.2 Å². The summed E-state index contributed by atoms with van der Waals surface area (Å²) >= 11 is 0. The Labute approximate surface area is 171 Å². The molecule has 0 aliphatic carbocycles. The molecule has 2 aromatic carbocycles. The molecule has 29 heavy (non-hydrogen) atoms. The van der Waals surface area contributed by atoms with Crippen molar-refractivity contribution in [3.8, 4) is 0 Å². The molecule has 2 aromatic rings. The van der Waals surface area contributed by atoms with Crippen molar-refractivity contribution in [2.75, 3.05) is 18.6 Å². The Hall–Kier alpha value is -2.95. The first kappa shape index (κ1) is 20.8. The van der Waals surface area contributed by atoms with E-state index in [1.165, 1.54) is 12.0 Å². The molecule has 1 amide bonds. The lowest BCUT2D eigenvalue weighted by atomic mass is 9.82. The number of benzene rings is 2. The van der Waals surface area contributed by atoms with E-state index in [1.54, 1.807) is 0 Å². The molecule has 152 valence electrons. The van der Waals surface area contributed by atoms with E-state index >= 15 is 0 Å². The number of Topliss-reactive ketones (excluding diaryl/α,β-unsaturated/α-hetero) is 1. The molecular formula is C24H27NO4. The monoisotopic (exact) mass is 393 g/mol. The molecule has 5 nitrogen and oxygen atoms in total. The van der Waals surface area contributed by atoms with Crippen molar-refractivity contribution in [3.63, 3.8) is 0 Å². The van der Waals surface area contributed by atoms with Gasteiger partial charge in [0.1, 0.15) is 0 Å². The van der Waals surface area contributed by atoms with Crippen molar-refractivity contribution < 1.29 is 19.1 Å². The van der Waals surface area contributed by atoms with Crippen molar-refractivity contribution in [1.29, 1.82) is 0 Å². The number of amides is 1. The normalized spacial score (nSPS) is 16.1. The van der Waals surface area contributed by atoms with Crippen LogP contribution in [0.3, 0.4) is 0 Å². The highest BCUT2D eigenvalue weighted by molar-refractivity contribution is 6.41. The highest BCUT2D eigenvalue weighted by Gasteiger charge is 2.35. The summed E-state index contributed by atoms with van der Waals surface area (Å²) in [6.07, 6.45) is 0.529. The van der Waals surface area contributed by atoms with Crippen LogP contribution in [0.25, 0.3) is 0 Å². The van der Waals surface area contributed by atoms with Gasteiger partial charge in [-0.1, -0.05) is 63.2 Å². The smallest absolute Gasteiger partial charge is 0.310 e. The van der Waals surface area contributed by atoms with Crippen LogP contribution in [0.15, 0.2) is 48.5 Å². The highest BCUT2D eigenvalue weighted by Crippen LogP contribution is 2.31. The van der Waals surface area contributed by atoms with Crippen LogP contribution in [-0.2, 0) is 37.4 Å². The summed E-state index contributed by atoms with van der Waals surface area (Å²) in [6, 6.07) is 15.1. The fourth-order valence-electron chi connectivity index (χ4n) is 3.92. The Kier molecular flexibility index (Phi) is 5.87. The molecule has 0 N–H and O–H groups in total. The molecule has 0 radical (unpaired) electrons. The number of rotatable bonds is 4. The lowest BCUT2D eigenvalue weighted by Crippen LogP contribution is -2.46. The van der Waals surface area contributed by atoms with Gasteiger partial charge in [0.25, 0.3) is 5.91 Å². The lowest BCUT2D eigenvalue weighted by molar-refractivity contribution is -0.145. The molecule has 5 heteroatoms. The Morgan fingerprint density at radius 1 is 1.03 bits per heavy atom. The van der Waals surface area contributed by atoms with E-state index in [-0.39, 0.29) is 24.3 Å². The number of fused-ring (bicyclic) bond motifs is 1. The second kappa shape index (κ2) is 8.19. The summed E-state index contributed by atoms with van der Waals surface area (Å²) in [5.74, 6) is -1.92. The molecule has 0 fully saturated rings. The number of nitrogens with zero attached hydrogens (tertiary/aromatic N) is 1. The van der Waals surface area contributed by atoms with E-state index < -0.39 is 17.6 Å². The Bertz CT molecular complexity index is 942. The van der Waals surface area contributed by atoms with E-state index in [2.05, 4.69) is 20.8 Å². The van der Waals surface area contributed by atoms with Crippen LogP contribution in [0.5, 0.6) is 0 Å². The maximum atomic E-state index is 13.1. The summed E-state index contributed by atoms with van der Waals surface area (Å²) in [5.41, 5.74) is 3.33. The second-order valence-electron chi connectivity index (χ2n) is 8.48. The first-order valence-corrected chi connectivity index (χ1v) is 9.81. The SMILES string of the molecule is COC(=O)C1Cc2ccccc2N(C(=O)C(=O)Cc2ccccc2C(C)(C)C)C1. The van der Waals surface area contributed by atoms with Gasteiger partial charge in [0.2, 0.25) is 5.78 Å². The van der Waals surface area contributed by atoms with Gasteiger partial charge in [-0.2, -0.15) is 0 Å². The third-order valence-electron chi connectivity index (χ3n) is 5.35. The molecule has 0 saturated heterocycles. The van der Waals surface area contributed by atoms with Crippen LogP contribution in [0.4, 0.5) is 5.69 Å². The van der Waals surface area contributed by atoms with Crippen LogP contribution in [0.2, 0.25) is 0 Å². The Morgan fingerprint density at radius 2 is 1.69 bits per heavy atom. The molecular weight excluding hydrogens is 366 g/mol. The number of para-hydroxylation sites is 1. The van der Waals surface area contributed by atoms with Gasteiger partial charge < -0.3 is 9.64 Å². The van der Waals surface area contributed by atoms with Crippen LogP contribution in [-0.4, -0.2) is 31.3 Å². The Balaban J connectivity index is 1.88. The maximum Gasteiger partial charge on any atom is 0.310 e. The predicted octanol–water partition coefficient (Wildman–Crippen LogP) is 3.47. The molecule has 1 heterocycles. The van der Waals surface area contributed by atoms with Gasteiger partial charge in [-0.25, -0.2) is 0 Å². The van der Waals surface area contributed by atoms with Crippen molar-refractivity contribution in [2.45, 2.75) is 39.0 Å². The summed E-state index contributed by atoms with van der Waals surface area (Å²) in [7, 11) is 1.34. The molecule has 0 spiro atoms. The number of hydrogen-bond acceptors (Lipinski definition) is 4. The van der Waals surface area contributed by atoms with Crippen LogP contribution in [0, 0.1) is 5.92 Å². The number of methoxy groups -OCH3 is 1. The van der Waals surface area contributed by atoms with Gasteiger partial charge in [-0.3, -0.25) is 14.4 Å². The number of ether oxygens (including phenoxy) is 1. The molecule has 3 rings (SSSR count). The molecule has 0 aromatic heterocycles. The van der Waals surface area contributed by atoms with Crippen molar-refractivity contribution in [2.24, 2.45) is 5.92 Å². The fourth-order valence-corrected chi connectivity index (χ4v) is 3.92. The van der Waals surface area contributed by atoms with Crippen molar-refractivity contribution >= 4 is 23.3 Å². The van der Waals surface area contributed by atoms with E-state index in [0.29, 0.717) is 12.1 Å². The lowest BCUT2D eigenvalue weighted by Gasteiger charge is -2.33. The zero-order valence-electron chi connectivity index (χ0n) is 17.4. The largest absolute Gasteiger partial charge is 0.469 e. The molecule has 0 saturated carbocycles. The number of carbonyl (C=O) groups is 3. The third kappa shape index (κ3) is 4.39. The number of carbonyl (C=O) groups excluding carboxylic acids is 3. The molecule has 1 unspecified atom stereocenters. The first-order chi connectivity index (χ1) is 13.7.